The van der Waals surface area contributed by atoms with Crippen LogP contribution in [0.15, 0.2) is 47.4 Å². The van der Waals surface area contributed by atoms with Gasteiger partial charge < -0.3 is 5.32 Å². The fourth-order valence-electron chi connectivity index (χ4n) is 1.73. The van der Waals surface area contributed by atoms with Crippen LogP contribution in [-0.2, 0) is 4.79 Å². The van der Waals surface area contributed by atoms with Crippen LogP contribution >= 0.6 is 23.4 Å². The number of hydrogen-bond acceptors (Lipinski definition) is 2. The summed E-state index contributed by atoms with van der Waals surface area (Å²) in [6, 6.07) is 11.7. The Morgan fingerprint density at radius 2 is 1.95 bits per heavy atom. The van der Waals surface area contributed by atoms with E-state index in [1.54, 1.807) is 18.2 Å². The number of amides is 1. The average molecular weight is 324 g/mol. The molecule has 0 aliphatic carbocycles. The van der Waals surface area contributed by atoms with E-state index in [0.29, 0.717) is 22.9 Å². The van der Waals surface area contributed by atoms with Gasteiger partial charge in [-0.1, -0.05) is 17.7 Å². The minimum atomic E-state index is -0.258. The standard InChI is InChI=1S/C16H15ClFNOS/c1-11-2-7-15(14(17)10-11)19-16(20)8-9-21-13-5-3-12(18)4-6-13/h2-7,10H,8-9H2,1H3,(H,19,20). The highest BCUT2D eigenvalue weighted by molar-refractivity contribution is 7.99. The van der Waals surface area contributed by atoms with Crippen molar-refractivity contribution in [1.82, 2.24) is 0 Å². The third kappa shape index (κ3) is 5.06. The first-order chi connectivity index (χ1) is 10.0. The quantitative estimate of drug-likeness (QED) is 0.792. The zero-order chi connectivity index (χ0) is 15.2. The van der Waals surface area contributed by atoms with Crippen LogP contribution in [-0.4, -0.2) is 11.7 Å². The second-order valence-corrected chi connectivity index (χ2v) is 6.16. The van der Waals surface area contributed by atoms with Gasteiger partial charge >= 0.3 is 0 Å². The molecule has 0 saturated carbocycles. The van der Waals surface area contributed by atoms with Gasteiger partial charge in [-0.3, -0.25) is 4.79 Å². The van der Waals surface area contributed by atoms with Gasteiger partial charge in [0, 0.05) is 17.1 Å². The summed E-state index contributed by atoms with van der Waals surface area (Å²) in [6.45, 7) is 1.94. The number of carbonyl (C=O) groups excluding carboxylic acids is 1. The molecule has 0 atom stereocenters. The van der Waals surface area contributed by atoms with Crippen LogP contribution < -0.4 is 5.32 Å². The van der Waals surface area contributed by atoms with Gasteiger partial charge in [-0.2, -0.15) is 0 Å². The second-order valence-electron chi connectivity index (χ2n) is 4.58. The molecule has 0 radical (unpaired) electrons. The van der Waals surface area contributed by atoms with Gasteiger partial charge in [-0.15, -0.1) is 11.8 Å². The number of halogens is 2. The van der Waals surface area contributed by atoms with Crippen LogP contribution in [0.1, 0.15) is 12.0 Å². The van der Waals surface area contributed by atoms with Crippen LogP contribution in [0.5, 0.6) is 0 Å². The molecule has 0 aromatic heterocycles. The van der Waals surface area contributed by atoms with Crippen molar-refractivity contribution in [3.8, 4) is 0 Å². The molecular formula is C16H15ClFNOS. The molecule has 1 amide bonds. The molecule has 0 aliphatic rings. The topological polar surface area (TPSA) is 29.1 Å². The molecule has 2 nitrogen and oxygen atoms in total. The molecule has 2 aromatic carbocycles. The Morgan fingerprint density at radius 3 is 2.62 bits per heavy atom. The summed E-state index contributed by atoms with van der Waals surface area (Å²) in [5, 5.41) is 3.33. The SMILES string of the molecule is Cc1ccc(NC(=O)CCSc2ccc(F)cc2)c(Cl)c1. The Kier molecular flexibility index (Phi) is 5.65. The van der Waals surface area contributed by atoms with Crippen molar-refractivity contribution in [2.24, 2.45) is 0 Å². The number of rotatable bonds is 5. The molecule has 0 bridgehead atoms. The average Bonchev–Trinajstić information content (AvgIpc) is 2.44. The lowest BCUT2D eigenvalue weighted by Gasteiger charge is -2.08. The highest BCUT2D eigenvalue weighted by Crippen LogP contribution is 2.23. The Labute approximate surface area is 132 Å². The smallest absolute Gasteiger partial charge is 0.225 e. The van der Waals surface area contributed by atoms with Gasteiger partial charge in [0.2, 0.25) is 5.91 Å². The van der Waals surface area contributed by atoms with Gasteiger partial charge in [0.15, 0.2) is 0 Å². The molecule has 0 heterocycles. The molecule has 2 aromatic rings. The molecule has 110 valence electrons. The number of carbonyl (C=O) groups is 1. The lowest BCUT2D eigenvalue weighted by Crippen LogP contribution is -2.12. The summed E-state index contributed by atoms with van der Waals surface area (Å²) in [5.41, 5.74) is 1.67. The van der Waals surface area contributed by atoms with Crippen LogP contribution in [0.2, 0.25) is 5.02 Å². The van der Waals surface area contributed by atoms with Crippen molar-refractivity contribution in [1.29, 1.82) is 0 Å². The highest BCUT2D eigenvalue weighted by Gasteiger charge is 2.06. The number of anilines is 1. The predicted octanol–water partition coefficient (Wildman–Crippen LogP) is 4.91. The fourth-order valence-corrected chi connectivity index (χ4v) is 2.86. The van der Waals surface area contributed by atoms with Gasteiger partial charge in [-0.25, -0.2) is 4.39 Å². The molecule has 0 fully saturated rings. The van der Waals surface area contributed by atoms with Crippen molar-refractivity contribution in [2.45, 2.75) is 18.2 Å². The molecule has 0 unspecified atom stereocenters. The first-order valence-electron chi connectivity index (χ1n) is 6.49. The minimum absolute atomic E-state index is 0.0876. The lowest BCUT2D eigenvalue weighted by atomic mass is 10.2. The Bertz CT molecular complexity index is 631. The minimum Gasteiger partial charge on any atom is -0.325 e. The van der Waals surface area contributed by atoms with Gasteiger partial charge in [0.25, 0.3) is 0 Å². The number of aryl methyl sites for hydroxylation is 1. The Balaban J connectivity index is 1.81. The summed E-state index contributed by atoms with van der Waals surface area (Å²) >= 11 is 7.58. The highest BCUT2D eigenvalue weighted by atomic mass is 35.5. The maximum Gasteiger partial charge on any atom is 0.225 e. The molecule has 2 rings (SSSR count). The van der Waals surface area contributed by atoms with Crippen LogP contribution in [0.4, 0.5) is 10.1 Å². The third-order valence-corrected chi connectivity index (χ3v) is 4.14. The maximum absolute atomic E-state index is 12.8. The van der Waals surface area contributed by atoms with Crippen molar-refractivity contribution >= 4 is 35.0 Å². The Morgan fingerprint density at radius 1 is 1.24 bits per heavy atom. The zero-order valence-electron chi connectivity index (χ0n) is 11.5. The number of nitrogens with one attached hydrogen (secondary N) is 1. The van der Waals surface area contributed by atoms with E-state index in [1.165, 1.54) is 23.9 Å². The maximum atomic E-state index is 12.8. The van der Waals surface area contributed by atoms with Crippen LogP contribution in [0.25, 0.3) is 0 Å². The largest absolute Gasteiger partial charge is 0.325 e. The molecule has 0 spiro atoms. The van der Waals surface area contributed by atoms with E-state index in [9.17, 15) is 9.18 Å². The summed E-state index contributed by atoms with van der Waals surface area (Å²) in [7, 11) is 0. The molecule has 1 N–H and O–H groups in total. The van der Waals surface area contributed by atoms with Gasteiger partial charge in [0.1, 0.15) is 5.82 Å². The summed E-state index contributed by atoms with van der Waals surface area (Å²) in [4.78, 5) is 12.8. The van der Waals surface area contributed by atoms with Crippen LogP contribution in [0.3, 0.4) is 0 Å². The van der Waals surface area contributed by atoms with Gasteiger partial charge in [-0.05, 0) is 48.9 Å². The van der Waals surface area contributed by atoms with E-state index in [1.807, 2.05) is 19.1 Å². The number of hydrogen-bond donors (Lipinski definition) is 1. The number of thioether (sulfide) groups is 1. The van der Waals surface area contributed by atoms with E-state index in [4.69, 9.17) is 11.6 Å². The van der Waals surface area contributed by atoms with Crippen LogP contribution in [0, 0.1) is 12.7 Å². The lowest BCUT2D eigenvalue weighted by molar-refractivity contribution is -0.115. The zero-order valence-corrected chi connectivity index (χ0v) is 13.1. The number of benzene rings is 2. The van der Waals surface area contributed by atoms with E-state index in [2.05, 4.69) is 5.32 Å². The molecule has 0 saturated heterocycles. The van der Waals surface area contributed by atoms with Crippen molar-refractivity contribution in [3.05, 3.63) is 58.9 Å². The molecule has 21 heavy (non-hydrogen) atoms. The normalized spacial score (nSPS) is 10.4. The van der Waals surface area contributed by atoms with Crippen molar-refractivity contribution in [3.63, 3.8) is 0 Å². The molecule has 5 heteroatoms. The second kappa shape index (κ2) is 7.48. The van der Waals surface area contributed by atoms with Crippen molar-refractivity contribution in [2.75, 3.05) is 11.1 Å². The molecular weight excluding hydrogens is 309 g/mol. The predicted molar refractivity (Wildman–Crippen MR) is 86.6 cm³/mol. The third-order valence-electron chi connectivity index (χ3n) is 2.81. The Hall–Kier alpha value is -1.52. The first kappa shape index (κ1) is 15.9. The van der Waals surface area contributed by atoms with Gasteiger partial charge in [0.05, 0.1) is 10.7 Å². The molecule has 0 aliphatic heterocycles. The summed E-state index contributed by atoms with van der Waals surface area (Å²) in [5.74, 6) is 0.280. The van der Waals surface area contributed by atoms with E-state index in [0.717, 1.165) is 10.5 Å². The summed E-state index contributed by atoms with van der Waals surface area (Å²) in [6.07, 6.45) is 0.367. The fraction of sp³-hybridized carbons (Fsp3) is 0.188. The van der Waals surface area contributed by atoms with E-state index >= 15 is 0 Å². The van der Waals surface area contributed by atoms with E-state index < -0.39 is 0 Å². The first-order valence-corrected chi connectivity index (χ1v) is 7.85. The summed E-state index contributed by atoms with van der Waals surface area (Å²) < 4.78 is 12.8. The van der Waals surface area contributed by atoms with E-state index in [-0.39, 0.29) is 11.7 Å². The van der Waals surface area contributed by atoms with Crippen molar-refractivity contribution < 1.29 is 9.18 Å². The monoisotopic (exact) mass is 323 g/mol.